The van der Waals surface area contributed by atoms with Crippen molar-refractivity contribution in [2.45, 2.75) is 37.8 Å². The van der Waals surface area contributed by atoms with Crippen molar-refractivity contribution >= 4 is 17.8 Å². The lowest BCUT2D eigenvalue weighted by molar-refractivity contribution is -0.144. The summed E-state index contributed by atoms with van der Waals surface area (Å²) in [5, 5.41) is 11.1. The van der Waals surface area contributed by atoms with Crippen molar-refractivity contribution in [3.8, 4) is 0 Å². The summed E-state index contributed by atoms with van der Waals surface area (Å²) in [6.07, 6.45) is 1.84. The highest BCUT2D eigenvalue weighted by Gasteiger charge is 2.33. The minimum absolute atomic E-state index is 0.238. The van der Waals surface area contributed by atoms with Crippen molar-refractivity contribution in [2.24, 2.45) is 17.4 Å². The molecule has 0 aromatic carbocycles. The van der Waals surface area contributed by atoms with Gasteiger partial charge in [-0.1, -0.05) is 6.42 Å². The third-order valence-corrected chi connectivity index (χ3v) is 2.93. The molecule has 1 aliphatic carbocycles. The van der Waals surface area contributed by atoms with Gasteiger partial charge in [0.2, 0.25) is 11.8 Å². The van der Waals surface area contributed by atoms with Crippen LogP contribution in [0.5, 0.6) is 0 Å². The molecular formula is C10H17N3O4. The molecule has 0 heterocycles. The summed E-state index contributed by atoms with van der Waals surface area (Å²) < 4.78 is 0. The molecule has 1 aliphatic rings. The van der Waals surface area contributed by atoms with Crippen LogP contribution in [0.4, 0.5) is 0 Å². The second kappa shape index (κ2) is 5.62. The highest BCUT2D eigenvalue weighted by atomic mass is 16.4. The maximum Gasteiger partial charge on any atom is 0.326 e. The fourth-order valence-electron chi connectivity index (χ4n) is 1.99. The molecule has 3 atom stereocenters. The number of carboxylic acids is 1. The van der Waals surface area contributed by atoms with Crippen LogP contribution in [0.3, 0.4) is 0 Å². The minimum Gasteiger partial charge on any atom is -0.480 e. The lowest BCUT2D eigenvalue weighted by Gasteiger charge is -2.18. The van der Waals surface area contributed by atoms with Gasteiger partial charge in [-0.25, -0.2) is 4.79 Å². The van der Waals surface area contributed by atoms with E-state index in [4.69, 9.17) is 16.6 Å². The Morgan fingerprint density at radius 3 is 2.41 bits per heavy atom. The SMILES string of the molecule is NC(=O)CC(NC(=O)C1CCCC1N)C(=O)O. The Kier molecular flexibility index (Phi) is 4.45. The Morgan fingerprint density at radius 2 is 2.00 bits per heavy atom. The number of primary amides is 1. The van der Waals surface area contributed by atoms with Crippen molar-refractivity contribution in [2.75, 3.05) is 0 Å². The van der Waals surface area contributed by atoms with Gasteiger partial charge >= 0.3 is 5.97 Å². The zero-order chi connectivity index (χ0) is 13.0. The molecule has 0 aromatic rings. The van der Waals surface area contributed by atoms with E-state index in [9.17, 15) is 14.4 Å². The average molecular weight is 243 g/mol. The molecule has 6 N–H and O–H groups in total. The summed E-state index contributed by atoms with van der Waals surface area (Å²) in [6, 6.07) is -1.51. The fraction of sp³-hybridized carbons (Fsp3) is 0.700. The zero-order valence-corrected chi connectivity index (χ0v) is 9.39. The Balaban J connectivity index is 2.57. The number of rotatable bonds is 5. The van der Waals surface area contributed by atoms with Crippen LogP contribution in [0.15, 0.2) is 0 Å². The van der Waals surface area contributed by atoms with Crippen molar-refractivity contribution in [1.29, 1.82) is 0 Å². The van der Waals surface area contributed by atoms with Crippen molar-refractivity contribution in [3.05, 3.63) is 0 Å². The topological polar surface area (TPSA) is 136 Å². The predicted octanol–water partition coefficient (Wildman–Crippen LogP) is -1.44. The van der Waals surface area contributed by atoms with Gasteiger partial charge < -0.3 is 21.9 Å². The van der Waals surface area contributed by atoms with Crippen LogP contribution in [0.25, 0.3) is 0 Å². The maximum atomic E-state index is 11.7. The highest BCUT2D eigenvalue weighted by molar-refractivity contribution is 5.89. The Labute approximate surface area is 98.5 Å². The summed E-state index contributed by atoms with van der Waals surface area (Å²) >= 11 is 0. The van der Waals surface area contributed by atoms with Crippen LogP contribution < -0.4 is 16.8 Å². The molecule has 0 radical (unpaired) electrons. The normalized spacial score (nSPS) is 25.2. The van der Waals surface area contributed by atoms with E-state index in [1.807, 2.05) is 0 Å². The van der Waals surface area contributed by atoms with Gasteiger partial charge in [0.1, 0.15) is 6.04 Å². The molecule has 17 heavy (non-hydrogen) atoms. The summed E-state index contributed by atoms with van der Waals surface area (Å²) in [5.41, 5.74) is 10.6. The number of carboxylic acid groups (broad SMARTS) is 1. The fourth-order valence-corrected chi connectivity index (χ4v) is 1.99. The summed E-state index contributed by atoms with van der Waals surface area (Å²) in [5.74, 6) is -2.83. The Hall–Kier alpha value is -1.63. The number of nitrogens with two attached hydrogens (primary N) is 2. The second-order valence-corrected chi connectivity index (χ2v) is 4.27. The van der Waals surface area contributed by atoms with Crippen molar-refractivity contribution < 1.29 is 19.5 Å². The summed E-state index contributed by atoms with van der Waals surface area (Å²) in [6.45, 7) is 0. The molecular weight excluding hydrogens is 226 g/mol. The number of aliphatic carboxylic acids is 1. The standard InChI is InChI=1S/C10H17N3O4/c11-6-3-1-2-5(6)9(15)13-7(10(16)17)4-8(12)14/h5-7H,1-4,11H2,(H2,12,14)(H,13,15)(H,16,17). The Morgan fingerprint density at radius 1 is 1.35 bits per heavy atom. The molecule has 0 aliphatic heterocycles. The molecule has 96 valence electrons. The zero-order valence-electron chi connectivity index (χ0n) is 9.39. The molecule has 1 fully saturated rings. The molecule has 0 spiro atoms. The minimum atomic E-state index is -1.27. The predicted molar refractivity (Wildman–Crippen MR) is 58.7 cm³/mol. The van der Waals surface area contributed by atoms with E-state index in [2.05, 4.69) is 5.32 Å². The summed E-state index contributed by atoms with van der Waals surface area (Å²) in [7, 11) is 0. The van der Waals surface area contributed by atoms with E-state index in [1.54, 1.807) is 0 Å². The Bertz CT molecular complexity index is 332. The maximum absolute atomic E-state index is 11.7. The van der Waals surface area contributed by atoms with Gasteiger partial charge in [0, 0.05) is 6.04 Å². The quantitative estimate of drug-likeness (QED) is 0.469. The third-order valence-electron chi connectivity index (χ3n) is 2.93. The average Bonchev–Trinajstić information content (AvgIpc) is 2.62. The number of hydrogen-bond donors (Lipinski definition) is 4. The van der Waals surface area contributed by atoms with Gasteiger partial charge in [0.25, 0.3) is 0 Å². The molecule has 0 aromatic heterocycles. The van der Waals surface area contributed by atoms with Crippen molar-refractivity contribution in [3.63, 3.8) is 0 Å². The number of amides is 2. The lowest BCUT2D eigenvalue weighted by atomic mass is 10.0. The second-order valence-electron chi connectivity index (χ2n) is 4.27. The lowest BCUT2D eigenvalue weighted by Crippen LogP contribution is -2.48. The molecule has 7 nitrogen and oxygen atoms in total. The first kappa shape index (κ1) is 13.4. The molecule has 0 bridgehead atoms. The first-order valence-electron chi connectivity index (χ1n) is 5.49. The van der Waals surface area contributed by atoms with Gasteiger partial charge in [0.05, 0.1) is 12.3 Å². The van der Waals surface area contributed by atoms with E-state index in [-0.39, 0.29) is 12.0 Å². The molecule has 0 saturated heterocycles. The molecule has 3 unspecified atom stereocenters. The van der Waals surface area contributed by atoms with Crippen molar-refractivity contribution in [1.82, 2.24) is 5.32 Å². The van der Waals surface area contributed by atoms with Gasteiger partial charge in [-0.3, -0.25) is 9.59 Å². The number of nitrogens with one attached hydrogen (secondary N) is 1. The van der Waals surface area contributed by atoms with E-state index < -0.39 is 30.2 Å². The number of carbonyl (C=O) groups is 3. The van der Waals surface area contributed by atoms with Crippen LogP contribution in [0.2, 0.25) is 0 Å². The molecule has 7 heteroatoms. The first-order chi connectivity index (χ1) is 7.91. The first-order valence-corrected chi connectivity index (χ1v) is 5.49. The van der Waals surface area contributed by atoms with E-state index >= 15 is 0 Å². The van der Waals surface area contributed by atoms with Gasteiger partial charge in [-0.2, -0.15) is 0 Å². The molecule has 2 amide bonds. The van der Waals surface area contributed by atoms with Gasteiger partial charge in [0.15, 0.2) is 0 Å². The van der Waals surface area contributed by atoms with E-state index in [1.165, 1.54) is 0 Å². The van der Waals surface area contributed by atoms with E-state index in [0.29, 0.717) is 6.42 Å². The molecule has 1 saturated carbocycles. The largest absolute Gasteiger partial charge is 0.480 e. The van der Waals surface area contributed by atoms with Gasteiger partial charge in [-0.15, -0.1) is 0 Å². The highest BCUT2D eigenvalue weighted by Crippen LogP contribution is 2.24. The monoisotopic (exact) mass is 243 g/mol. The molecule has 1 rings (SSSR count). The van der Waals surface area contributed by atoms with E-state index in [0.717, 1.165) is 12.8 Å². The van der Waals surface area contributed by atoms with Crippen LogP contribution in [-0.2, 0) is 14.4 Å². The number of carbonyl (C=O) groups excluding carboxylic acids is 2. The van der Waals surface area contributed by atoms with Crippen LogP contribution in [0.1, 0.15) is 25.7 Å². The smallest absolute Gasteiger partial charge is 0.326 e. The third kappa shape index (κ3) is 3.70. The van der Waals surface area contributed by atoms with Crippen LogP contribution in [0, 0.1) is 5.92 Å². The van der Waals surface area contributed by atoms with Crippen LogP contribution in [-0.4, -0.2) is 35.0 Å². The van der Waals surface area contributed by atoms with Gasteiger partial charge in [-0.05, 0) is 12.8 Å². The summed E-state index contributed by atoms with van der Waals surface area (Å²) in [4.78, 5) is 33.2. The number of hydrogen-bond acceptors (Lipinski definition) is 4. The van der Waals surface area contributed by atoms with Crippen LogP contribution >= 0.6 is 0 Å².